The number of hydrogen-bond donors (Lipinski definition) is 1. The molecule has 0 fully saturated rings. The average molecular weight is 427 g/mol. The zero-order valence-corrected chi connectivity index (χ0v) is 13.6. The van der Waals surface area contributed by atoms with Crippen molar-refractivity contribution in [3.05, 3.63) is 62.3 Å². The minimum absolute atomic E-state index is 0.0332. The van der Waals surface area contributed by atoms with Crippen LogP contribution in [0.5, 0.6) is 0 Å². The van der Waals surface area contributed by atoms with Crippen molar-refractivity contribution in [2.75, 3.05) is 5.32 Å². The SMILES string of the molecule is Fc1ccc(Br)cc1CNc1ccc(Br)c(C(F)(F)F)c1. The molecule has 0 unspecified atom stereocenters. The Bertz CT molecular complexity index is 656. The van der Waals surface area contributed by atoms with Crippen LogP contribution in [0.4, 0.5) is 23.2 Å². The largest absolute Gasteiger partial charge is 0.417 e. The zero-order chi connectivity index (χ0) is 15.6. The highest BCUT2D eigenvalue weighted by molar-refractivity contribution is 9.10. The van der Waals surface area contributed by atoms with E-state index in [9.17, 15) is 17.6 Å². The van der Waals surface area contributed by atoms with Crippen LogP contribution in [-0.4, -0.2) is 0 Å². The van der Waals surface area contributed by atoms with Crippen LogP contribution in [0.25, 0.3) is 0 Å². The number of rotatable bonds is 3. The van der Waals surface area contributed by atoms with Gasteiger partial charge >= 0.3 is 6.18 Å². The van der Waals surface area contributed by atoms with Gasteiger partial charge in [-0.3, -0.25) is 0 Å². The molecule has 7 heteroatoms. The van der Waals surface area contributed by atoms with Crippen molar-refractivity contribution in [1.82, 2.24) is 0 Å². The van der Waals surface area contributed by atoms with Crippen LogP contribution in [0.3, 0.4) is 0 Å². The summed E-state index contributed by atoms with van der Waals surface area (Å²) in [5.41, 5.74) is -0.145. The summed E-state index contributed by atoms with van der Waals surface area (Å²) >= 11 is 6.09. The third-order valence-corrected chi connectivity index (χ3v) is 3.95. The molecular weight excluding hydrogens is 418 g/mol. The molecule has 1 nitrogen and oxygen atoms in total. The first-order chi connectivity index (χ1) is 9.77. The monoisotopic (exact) mass is 425 g/mol. The second-order valence-electron chi connectivity index (χ2n) is 4.28. The van der Waals surface area contributed by atoms with E-state index in [-0.39, 0.29) is 16.7 Å². The fraction of sp³-hybridized carbons (Fsp3) is 0.143. The van der Waals surface area contributed by atoms with Crippen molar-refractivity contribution in [1.29, 1.82) is 0 Å². The quantitative estimate of drug-likeness (QED) is 0.595. The van der Waals surface area contributed by atoms with Crippen LogP contribution >= 0.6 is 31.9 Å². The highest BCUT2D eigenvalue weighted by atomic mass is 79.9. The molecule has 0 spiro atoms. The van der Waals surface area contributed by atoms with Crippen LogP contribution in [-0.2, 0) is 12.7 Å². The lowest BCUT2D eigenvalue weighted by Crippen LogP contribution is -2.08. The molecule has 0 heterocycles. The van der Waals surface area contributed by atoms with Crippen molar-refractivity contribution < 1.29 is 17.6 Å². The Morgan fingerprint density at radius 1 is 1.00 bits per heavy atom. The van der Waals surface area contributed by atoms with Gasteiger partial charge in [0.05, 0.1) is 5.56 Å². The standard InChI is InChI=1S/C14H9Br2F4N/c15-9-1-4-13(17)8(5-9)7-21-10-2-3-12(16)11(6-10)14(18,19)20/h1-6,21H,7H2. The van der Waals surface area contributed by atoms with E-state index >= 15 is 0 Å². The second-order valence-corrected chi connectivity index (χ2v) is 6.05. The third-order valence-electron chi connectivity index (χ3n) is 2.76. The van der Waals surface area contributed by atoms with Gasteiger partial charge in [0.15, 0.2) is 0 Å². The first-order valence-corrected chi connectivity index (χ1v) is 7.40. The predicted molar refractivity (Wildman–Crippen MR) is 80.6 cm³/mol. The Morgan fingerprint density at radius 3 is 2.38 bits per heavy atom. The van der Waals surface area contributed by atoms with Gasteiger partial charge in [0, 0.05) is 26.7 Å². The van der Waals surface area contributed by atoms with E-state index in [1.807, 2.05) is 0 Å². The predicted octanol–water partition coefficient (Wildman–Crippen LogP) is 5.98. The van der Waals surface area contributed by atoms with Crippen molar-refractivity contribution >= 4 is 37.5 Å². The Balaban J connectivity index is 2.19. The maximum absolute atomic E-state index is 13.6. The first kappa shape index (κ1) is 16.3. The van der Waals surface area contributed by atoms with E-state index in [1.165, 1.54) is 18.2 Å². The van der Waals surface area contributed by atoms with E-state index in [4.69, 9.17) is 0 Å². The van der Waals surface area contributed by atoms with Gasteiger partial charge in [-0.05, 0) is 36.4 Å². The van der Waals surface area contributed by atoms with Gasteiger partial charge in [0.25, 0.3) is 0 Å². The van der Waals surface area contributed by atoms with Crippen LogP contribution in [0.2, 0.25) is 0 Å². The van der Waals surface area contributed by atoms with Crippen LogP contribution in [0.1, 0.15) is 11.1 Å². The Morgan fingerprint density at radius 2 is 1.71 bits per heavy atom. The zero-order valence-electron chi connectivity index (χ0n) is 10.4. The van der Waals surface area contributed by atoms with E-state index in [2.05, 4.69) is 37.2 Å². The Labute approximate surface area is 135 Å². The first-order valence-electron chi connectivity index (χ1n) is 5.82. The van der Waals surface area contributed by atoms with Gasteiger partial charge in [-0.1, -0.05) is 31.9 Å². The van der Waals surface area contributed by atoms with E-state index in [0.29, 0.717) is 10.0 Å². The second kappa shape index (κ2) is 6.36. The summed E-state index contributed by atoms with van der Waals surface area (Å²) in [7, 11) is 0. The summed E-state index contributed by atoms with van der Waals surface area (Å²) in [6.45, 7) is 0.0875. The van der Waals surface area contributed by atoms with Crippen molar-refractivity contribution in [2.24, 2.45) is 0 Å². The normalized spacial score (nSPS) is 11.5. The number of nitrogens with one attached hydrogen (secondary N) is 1. The van der Waals surface area contributed by atoms with Gasteiger partial charge in [0.2, 0.25) is 0 Å². The average Bonchev–Trinajstić information content (AvgIpc) is 2.40. The summed E-state index contributed by atoms with van der Waals surface area (Å²) in [5, 5.41) is 2.79. The molecule has 0 atom stereocenters. The third kappa shape index (κ3) is 4.20. The lowest BCUT2D eigenvalue weighted by molar-refractivity contribution is -0.138. The summed E-state index contributed by atoms with van der Waals surface area (Å²) in [6.07, 6.45) is -4.45. The van der Waals surface area contributed by atoms with Crippen LogP contribution in [0.15, 0.2) is 45.3 Å². The fourth-order valence-electron chi connectivity index (χ4n) is 1.73. The Hall–Kier alpha value is -1.08. The Kier molecular flexibility index (Phi) is 4.93. The molecule has 0 bridgehead atoms. The van der Waals surface area contributed by atoms with Gasteiger partial charge in [0.1, 0.15) is 5.82 Å². The van der Waals surface area contributed by atoms with Crippen LogP contribution < -0.4 is 5.32 Å². The van der Waals surface area contributed by atoms with E-state index in [1.54, 1.807) is 12.1 Å². The summed E-state index contributed by atoms with van der Waals surface area (Å²) in [6, 6.07) is 8.22. The lowest BCUT2D eigenvalue weighted by atomic mass is 10.1. The van der Waals surface area contributed by atoms with Crippen molar-refractivity contribution in [2.45, 2.75) is 12.7 Å². The van der Waals surface area contributed by atoms with E-state index in [0.717, 1.165) is 6.07 Å². The smallest absolute Gasteiger partial charge is 0.381 e. The topological polar surface area (TPSA) is 12.0 Å². The van der Waals surface area contributed by atoms with E-state index < -0.39 is 17.6 Å². The molecule has 112 valence electrons. The molecule has 0 amide bonds. The van der Waals surface area contributed by atoms with Gasteiger partial charge in [-0.25, -0.2) is 4.39 Å². The number of halogens is 6. The highest BCUT2D eigenvalue weighted by Gasteiger charge is 2.33. The molecular formula is C14H9Br2F4N. The maximum Gasteiger partial charge on any atom is 0.417 e. The molecule has 21 heavy (non-hydrogen) atoms. The van der Waals surface area contributed by atoms with Gasteiger partial charge < -0.3 is 5.32 Å². The maximum atomic E-state index is 13.6. The number of alkyl halides is 3. The molecule has 2 aromatic carbocycles. The van der Waals surface area contributed by atoms with Crippen molar-refractivity contribution in [3.63, 3.8) is 0 Å². The van der Waals surface area contributed by atoms with Gasteiger partial charge in [-0.15, -0.1) is 0 Å². The lowest BCUT2D eigenvalue weighted by Gasteiger charge is -2.13. The highest BCUT2D eigenvalue weighted by Crippen LogP contribution is 2.36. The molecule has 0 aliphatic heterocycles. The minimum atomic E-state index is -4.45. The molecule has 0 aliphatic carbocycles. The van der Waals surface area contributed by atoms with Crippen LogP contribution in [0, 0.1) is 5.82 Å². The number of benzene rings is 2. The summed E-state index contributed by atoms with van der Waals surface area (Å²) in [4.78, 5) is 0. The molecule has 1 N–H and O–H groups in total. The molecule has 0 aliphatic rings. The number of hydrogen-bond acceptors (Lipinski definition) is 1. The van der Waals surface area contributed by atoms with Gasteiger partial charge in [-0.2, -0.15) is 13.2 Å². The van der Waals surface area contributed by atoms with Crippen molar-refractivity contribution in [3.8, 4) is 0 Å². The molecule has 0 radical (unpaired) electrons. The summed E-state index contributed by atoms with van der Waals surface area (Å²) < 4.78 is 52.6. The molecule has 0 saturated heterocycles. The molecule has 2 aromatic rings. The fourth-order valence-corrected chi connectivity index (χ4v) is 2.61. The number of anilines is 1. The minimum Gasteiger partial charge on any atom is -0.381 e. The molecule has 0 saturated carbocycles. The molecule has 2 rings (SSSR count). The molecule has 0 aromatic heterocycles. The summed E-state index contributed by atoms with van der Waals surface area (Å²) in [5.74, 6) is -0.418.